The van der Waals surface area contributed by atoms with Gasteiger partial charge in [0.05, 0.1) is 6.04 Å². The summed E-state index contributed by atoms with van der Waals surface area (Å²) in [5.74, 6) is 0.0764. The summed E-state index contributed by atoms with van der Waals surface area (Å²) in [6.45, 7) is 1.96. The van der Waals surface area contributed by atoms with E-state index in [1.807, 2.05) is 6.92 Å². The van der Waals surface area contributed by atoms with Crippen molar-refractivity contribution >= 4 is 5.91 Å². The van der Waals surface area contributed by atoms with Gasteiger partial charge in [-0.2, -0.15) is 0 Å². The second-order valence-electron chi connectivity index (χ2n) is 1.91. The molecule has 1 aliphatic rings. The van der Waals surface area contributed by atoms with Gasteiger partial charge in [-0.3, -0.25) is 4.79 Å². The molecule has 0 aromatic heterocycles. The highest BCUT2D eigenvalue weighted by Gasteiger charge is 2.17. The topological polar surface area (TPSA) is 31.2 Å². The van der Waals surface area contributed by atoms with Crippen LogP contribution in [0.15, 0.2) is 0 Å². The molecule has 0 N–H and O–H groups in total. The van der Waals surface area contributed by atoms with E-state index < -0.39 is 0 Å². The van der Waals surface area contributed by atoms with Gasteiger partial charge in [0, 0.05) is 6.42 Å². The van der Waals surface area contributed by atoms with Crippen molar-refractivity contribution in [3.63, 3.8) is 0 Å². The molecule has 0 aromatic carbocycles. The van der Waals surface area contributed by atoms with Gasteiger partial charge in [-0.25, -0.2) is 5.32 Å². The molecule has 1 saturated heterocycles. The first-order chi connectivity index (χ1) is 3.29. The predicted molar refractivity (Wildman–Crippen MR) is 25.8 cm³/mol. The lowest BCUT2D eigenvalue weighted by Gasteiger charge is -1.91. The van der Waals surface area contributed by atoms with Crippen molar-refractivity contribution in [2.24, 2.45) is 0 Å². The fourth-order valence-electron chi connectivity index (χ4n) is 0.707. The average molecular weight is 98.1 g/mol. The van der Waals surface area contributed by atoms with Crippen LogP contribution in [0.1, 0.15) is 19.8 Å². The molecule has 2 nitrogen and oxygen atoms in total. The Bertz CT molecular complexity index is 90.1. The van der Waals surface area contributed by atoms with Crippen molar-refractivity contribution in [2.45, 2.75) is 25.8 Å². The first-order valence-corrected chi connectivity index (χ1v) is 2.53. The molecule has 1 radical (unpaired) electrons. The van der Waals surface area contributed by atoms with Crippen LogP contribution in [0.3, 0.4) is 0 Å². The molecule has 1 amide bonds. The highest BCUT2D eigenvalue weighted by Crippen LogP contribution is 2.05. The lowest BCUT2D eigenvalue weighted by atomic mass is 10.3. The van der Waals surface area contributed by atoms with E-state index in [1.54, 1.807) is 0 Å². The van der Waals surface area contributed by atoms with Crippen LogP contribution in [0.2, 0.25) is 0 Å². The first-order valence-electron chi connectivity index (χ1n) is 2.53. The van der Waals surface area contributed by atoms with E-state index in [9.17, 15) is 4.79 Å². The van der Waals surface area contributed by atoms with Crippen molar-refractivity contribution in [3.8, 4) is 0 Å². The van der Waals surface area contributed by atoms with Crippen LogP contribution in [0, 0.1) is 0 Å². The van der Waals surface area contributed by atoms with Crippen molar-refractivity contribution in [3.05, 3.63) is 0 Å². The molecule has 2 heteroatoms. The Morgan fingerprint density at radius 3 is 2.71 bits per heavy atom. The normalized spacial score (nSPS) is 30.4. The van der Waals surface area contributed by atoms with Crippen LogP contribution in [0.4, 0.5) is 0 Å². The Labute approximate surface area is 42.9 Å². The minimum absolute atomic E-state index is 0.0764. The Morgan fingerprint density at radius 1 is 1.86 bits per heavy atom. The van der Waals surface area contributed by atoms with Gasteiger partial charge in [-0.1, -0.05) is 0 Å². The van der Waals surface area contributed by atoms with Crippen LogP contribution >= 0.6 is 0 Å². The summed E-state index contributed by atoms with van der Waals surface area (Å²) in [5, 5.41) is 3.75. The molecule has 0 spiro atoms. The van der Waals surface area contributed by atoms with Gasteiger partial charge >= 0.3 is 0 Å². The van der Waals surface area contributed by atoms with E-state index in [0.717, 1.165) is 6.42 Å². The minimum atomic E-state index is 0.0764. The maximum Gasteiger partial charge on any atom is 0.241 e. The van der Waals surface area contributed by atoms with Crippen LogP contribution in [0.25, 0.3) is 0 Å². The Hall–Kier alpha value is -0.530. The van der Waals surface area contributed by atoms with Crippen LogP contribution in [-0.2, 0) is 4.79 Å². The largest absolute Gasteiger partial charge is 0.273 e. The lowest BCUT2D eigenvalue weighted by molar-refractivity contribution is -0.119. The fraction of sp³-hybridized carbons (Fsp3) is 0.800. The van der Waals surface area contributed by atoms with Gasteiger partial charge in [0.25, 0.3) is 0 Å². The number of carbonyl (C=O) groups is 1. The average Bonchev–Trinajstić information content (AvgIpc) is 1.87. The van der Waals surface area contributed by atoms with E-state index in [-0.39, 0.29) is 5.91 Å². The van der Waals surface area contributed by atoms with Crippen molar-refractivity contribution in [1.29, 1.82) is 0 Å². The van der Waals surface area contributed by atoms with E-state index in [0.29, 0.717) is 12.5 Å². The smallest absolute Gasteiger partial charge is 0.241 e. The molecule has 1 fully saturated rings. The molecule has 1 atom stereocenters. The monoisotopic (exact) mass is 98.1 g/mol. The summed E-state index contributed by atoms with van der Waals surface area (Å²) in [6.07, 6.45) is 1.62. The van der Waals surface area contributed by atoms with Gasteiger partial charge in [0.15, 0.2) is 0 Å². The van der Waals surface area contributed by atoms with Crippen LogP contribution in [-0.4, -0.2) is 11.9 Å². The highest BCUT2D eigenvalue weighted by molar-refractivity contribution is 5.77. The molecular weight excluding hydrogens is 90.1 g/mol. The molecule has 0 saturated carbocycles. The third-order valence-corrected chi connectivity index (χ3v) is 1.14. The van der Waals surface area contributed by atoms with Gasteiger partial charge < -0.3 is 0 Å². The number of carbonyl (C=O) groups excluding carboxylic acids is 1. The number of amides is 1. The van der Waals surface area contributed by atoms with Crippen LogP contribution < -0.4 is 5.32 Å². The Morgan fingerprint density at radius 2 is 2.57 bits per heavy atom. The Kier molecular flexibility index (Phi) is 1.01. The molecule has 0 aromatic rings. The standard InChI is InChI=1S/C5H8NO/c1-4-2-3-5(7)6-4/h4H,2-3H2,1H3. The molecule has 0 aliphatic carbocycles. The van der Waals surface area contributed by atoms with E-state index in [2.05, 4.69) is 5.32 Å². The summed E-state index contributed by atoms with van der Waals surface area (Å²) in [7, 11) is 0. The second-order valence-corrected chi connectivity index (χ2v) is 1.91. The summed E-state index contributed by atoms with van der Waals surface area (Å²) in [4.78, 5) is 10.3. The predicted octanol–water partition coefficient (Wildman–Crippen LogP) is 0.300. The summed E-state index contributed by atoms with van der Waals surface area (Å²) < 4.78 is 0. The van der Waals surface area contributed by atoms with Crippen molar-refractivity contribution in [2.75, 3.05) is 0 Å². The molecule has 1 heterocycles. The zero-order valence-electron chi connectivity index (χ0n) is 4.35. The van der Waals surface area contributed by atoms with Gasteiger partial charge in [-0.05, 0) is 13.3 Å². The molecule has 7 heavy (non-hydrogen) atoms. The lowest BCUT2D eigenvalue weighted by Crippen LogP contribution is -2.12. The number of hydrogen-bond acceptors (Lipinski definition) is 1. The van der Waals surface area contributed by atoms with Crippen molar-refractivity contribution in [1.82, 2.24) is 5.32 Å². The molecule has 1 unspecified atom stereocenters. The quantitative estimate of drug-likeness (QED) is 0.428. The van der Waals surface area contributed by atoms with Gasteiger partial charge in [0.1, 0.15) is 0 Å². The number of nitrogens with zero attached hydrogens (tertiary/aromatic N) is 1. The minimum Gasteiger partial charge on any atom is -0.273 e. The third-order valence-electron chi connectivity index (χ3n) is 1.14. The Balaban J connectivity index is 2.40. The van der Waals surface area contributed by atoms with Crippen LogP contribution in [0.5, 0.6) is 0 Å². The highest BCUT2D eigenvalue weighted by atomic mass is 16.1. The van der Waals surface area contributed by atoms with E-state index in [4.69, 9.17) is 0 Å². The fourth-order valence-corrected chi connectivity index (χ4v) is 0.707. The molecular formula is C5H8NO. The first kappa shape index (κ1) is 4.62. The molecule has 0 bridgehead atoms. The van der Waals surface area contributed by atoms with Gasteiger partial charge in [-0.15, -0.1) is 0 Å². The third kappa shape index (κ3) is 0.918. The van der Waals surface area contributed by atoms with Crippen molar-refractivity contribution < 1.29 is 4.79 Å². The summed E-state index contributed by atoms with van der Waals surface area (Å²) in [5.41, 5.74) is 0. The number of hydrogen-bond donors (Lipinski definition) is 0. The zero-order chi connectivity index (χ0) is 5.28. The van der Waals surface area contributed by atoms with E-state index >= 15 is 0 Å². The molecule has 1 aliphatic heterocycles. The summed E-state index contributed by atoms with van der Waals surface area (Å²) in [6, 6.07) is 0.299. The number of rotatable bonds is 0. The second kappa shape index (κ2) is 1.52. The summed E-state index contributed by atoms with van der Waals surface area (Å²) >= 11 is 0. The SMILES string of the molecule is CC1CCC(=O)[N]1. The maximum absolute atomic E-state index is 10.3. The van der Waals surface area contributed by atoms with Gasteiger partial charge in [0.2, 0.25) is 5.91 Å². The van der Waals surface area contributed by atoms with E-state index in [1.165, 1.54) is 0 Å². The molecule has 1 rings (SSSR count). The zero-order valence-corrected chi connectivity index (χ0v) is 4.35. The maximum atomic E-state index is 10.3. The molecule has 39 valence electrons.